The molecule has 2 rings (SSSR count). The molecule has 2 aliphatic rings. The maximum Gasteiger partial charge on any atom is 0.00790 e. The molecule has 0 aliphatic carbocycles. The molecule has 2 fully saturated rings. The summed E-state index contributed by atoms with van der Waals surface area (Å²) in [5.41, 5.74) is 0. The van der Waals surface area contributed by atoms with E-state index in [1.165, 1.54) is 45.4 Å². The second-order valence-electron chi connectivity index (χ2n) is 8.34. The van der Waals surface area contributed by atoms with Crippen molar-refractivity contribution in [3.05, 3.63) is 0 Å². The van der Waals surface area contributed by atoms with E-state index in [1.54, 1.807) is 0 Å². The lowest BCUT2D eigenvalue weighted by molar-refractivity contribution is 0.0403. The van der Waals surface area contributed by atoms with Crippen molar-refractivity contribution in [1.29, 1.82) is 0 Å². The van der Waals surface area contributed by atoms with Crippen LogP contribution in [0, 0.1) is 11.8 Å². The van der Waals surface area contributed by atoms with E-state index in [0.717, 1.165) is 37.0 Å². The normalized spacial score (nSPS) is 26.6. The van der Waals surface area contributed by atoms with Crippen LogP contribution in [0.4, 0.5) is 0 Å². The quantitative estimate of drug-likeness (QED) is 0.602. The van der Waals surface area contributed by atoms with Gasteiger partial charge in [-0.1, -0.05) is 0 Å². The molecule has 4 heteroatoms. The number of rotatable bonds is 10. The molecule has 3 unspecified atom stereocenters. The minimum atomic E-state index is 0.653. The number of nitrogens with zero attached hydrogens (tertiary/aromatic N) is 2. The van der Waals surface area contributed by atoms with Crippen LogP contribution in [0.3, 0.4) is 0 Å². The highest BCUT2D eigenvalue weighted by atomic mass is 15.2. The fourth-order valence-corrected chi connectivity index (χ4v) is 4.30. The van der Waals surface area contributed by atoms with Crippen LogP contribution < -0.4 is 10.6 Å². The molecule has 0 radical (unpaired) electrons. The molecule has 2 N–H and O–H groups in total. The van der Waals surface area contributed by atoms with Crippen LogP contribution in [-0.2, 0) is 0 Å². The zero-order valence-corrected chi connectivity index (χ0v) is 16.1. The first-order valence-corrected chi connectivity index (χ1v) is 9.85. The molecule has 23 heavy (non-hydrogen) atoms. The number of nitrogens with one attached hydrogen (secondary N) is 2. The Hall–Kier alpha value is -0.160. The van der Waals surface area contributed by atoms with Crippen LogP contribution in [0.25, 0.3) is 0 Å². The highest BCUT2D eigenvalue weighted by molar-refractivity contribution is 4.88. The van der Waals surface area contributed by atoms with Gasteiger partial charge in [0.25, 0.3) is 0 Å². The number of hydrogen-bond acceptors (Lipinski definition) is 4. The SMILES string of the molecule is CNCCNC(C)CC1CN(C(C)CC2CCN(C(C)C)C2)C1. The van der Waals surface area contributed by atoms with Crippen molar-refractivity contribution in [1.82, 2.24) is 20.4 Å². The monoisotopic (exact) mass is 324 g/mol. The Labute approximate surface area is 144 Å². The Morgan fingerprint density at radius 1 is 0.913 bits per heavy atom. The third-order valence-corrected chi connectivity index (χ3v) is 5.89. The Morgan fingerprint density at radius 2 is 1.61 bits per heavy atom. The van der Waals surface area contributed by atoms with Crippen molar-refractivity contribution < 1.29 is 0 Å². The molecule has 2 saturated heterocycles. The van der Waals surface area contributed by atoms with E-state index >= 15 is 0 Å². The van der Waals surface area contributed by atoms with Gasteiger partial charge in [-0.3, -0.25) is 0 Å². The predicted octanol–water partition coefficient (Wildman–Crippen LogP) is 2.01. The Bertz CT molecular complexity index is 327. The van der Waals surface area contributed by atoms with Gasteiger partial charge in [-0.2, -0.15) is 0 Å². The van der Waals surface area contributed by atoms with Crippen LogP contribution in [-0.4, -0.2) is 74.2 Å². The maximum atomic E-state index is 3.61. The zero-order chi connectivity index (χ0) is 16.8. The van der Waals surface area contributed by atoms with Gasteiger partial charge in [-0.05, 0) is 72.4 Å². The number of hydrogen-bond donors (Lipinski definition) is 2. The van der Waals surface area contributed by atoms with Crippen LogP contribution in [0.15, 0.2) is 0 Å². The lowest BCUT2D eigenvalue weighted by Crippen LogP contribution is -2.53. The molecule has 0 aromatic carbocycles. The molecular formula is C19H40N4. The minimum absolute atomic E-state index is 0.653. The van der Waals surface area contributed by atoms with Gasteiger partial charge in [-0.15, -0.1) is 0 Å². The Balaban J connectivity index is 1.57. The lowest BCUT2D eigenvalue weighted by Gasteiger charge is -2.45. The third-order valence-electron chi connectivity index (χ3n) is 5.89. The maximum absolute atomic E-state index is 3.61. The molecule has 0 aromatic heterocycles. The van der Waals surface area contributed by atoms with E-state index in [1.807, 2.05) is 7.05 Å². The zero-order valence-electron chi connectivity index (χ0n) is 16.1. The van der Waals surface area contributed by atoms with Crippen molar-refractivity contribution >= 4 is 0 Å². The second kappa shape index (κ2) is 9.36. The topological polar surface area (TPSA) is 30.5 Å². The van der Waals surface area contributed by atoms with Crippen LogP contribution >= 0.6 is 0 Å². The van der Waals surface area contributed by atoms with Gasteiger partial charge in [0.15, 0.2) is 0 Å². The van der Waals surface area contributed by atoms with E-state index < -0.39 is 0 Å². The molecule has 0 amide bonds. The molecule has 0 saturated carbocycles. The summed E-state index contributed by atoms with van der Waals surface area (Å²) in [7, 11) is 2.02. The van der Waals surface area contributed by atoms with Crippen molar-refractivity contribution in [2.45, 2.75) is 65.1 Å². The molecule has 2 aliphatic heterocycles. The van der Waals surface area contributed by atoms with Gasteiger partial charge in [0.05, 0.1) is 0 Å². The molecule has 0 spiro atoms. The van der Waals surface area contributed by atoms with Crippen LogP contribution in [0.1, 0.15) is 47.0 Å². The molecule has 4 nitrogen and oxygen atoms in total. The van der Waals surface area contributed by atoms with Crippen molar-refractivity contribution in [2.75, 3.05) is 46.3 Å². The van der Waals surface area contributed by atoms with Gasteiger partial charge in [0.2, 0.25) is 0 Å². The molecule has 3 atom stereocenters. The number of likely N-dealkylation sites (tertiary alicyclic amines) is 2. The highest BCUT2D eigenvalue weighted by Crippen LogP contribution is 2.29. The first kappa shape index (κ1) is 19.2. The van der Waals surface area contributed by atoms with Crippen molar-refractivity contribution in [2.24, 2.45) is 11.8 Å². The third kappa shape index (κ3) is 6.00. The van der Waals surface area contributed by atoms with Crippen molar-refractivity contribution in [3.63, 3.8) is 0 Å². The summed E-state index contributed by atoms with van der Waals surface area (Å²) in [5, 5.41) is 6.81. The van der Waals surface area contributed by atoms with E-state index in [9.17, 15) is 0 Å². The van der Waals surface area contributed by atoms with Crippen LogP contribution in [0.5, 0.6) is 0 Å². The predicted molar refractivity (Wildman–Crippen MR) is 100.0 cm³/mol. The van der Waals surface area contributed by atoms with Gasteiger partial charge >= 0.3 is 0 Å². The largest absolute Gasteiger partial charge is 0.318 e. The molecule has 2 heterocycles. The van der Waals surface area contributed by atoms with Crippen molar-refractivity contribution in [3.8, 4) is 0 Å². The van der Waals surface area contributed by atoms with E-state index in [2.05, 4.69) is 48.1 Å². The first-order chi connectivity index (χ1) is 11.0. The van der Waals surface area contributed by atoms with Crippen LogP contribution in [0.2, 0.25) is 0 Å². The average Bonchev–Trinajstić information content (AvgIpc) is 2.91. The fraction of sp³-hybridized carbons (Fsp3) is 1.00. The average molecular weight is 325 g/mol. The Morgan fingerprint density at radius 3 is 2.22 bits per heavy atom. The van der Waals surface area contributed by atoms with Gasteiger partial charge < -0.3 is 20.4 Å². The molecule has 136 valence electrons. The lowest BCUT2D eigenvalue weighted by atomic mass is 9.89. The standard InChI is InChI=1S/C19H40N4/c1-15(2)22-9-6-18(12-22)11-17(4)23-13-19(14-23)10-16(3)21-8-7-20-5/h15-21H,6-14H2,1-5H3. The Kier molecular flexibility index (Phi) is 7.80. The molecule has 0 aromatic rings. The summed E-state index contributed by atoms with van der Waals surface area (Å²) in [6.45, 7) is 16.9. The van der Waals surface area contributed by atoms with Gasteiger partial charge in [0.1, 0.15) is 0 Å². The summed E-state index contributed by atoms with van der Waals surface area (Å²) < 4.78 is 0. The smallest absolute Gasteiger partial charge is 0.00790 e. The van der Waals surface area contributed by atoms with Gasteiger partial charge in [-0.25, -0.2) is 0 Å². The number of likely N-dealkylation sites (N-methyl/N-ethyl adjacent to an activating group) is 1. The first-order valence-electron chi connectivity index (χ1n) is 9.85. The summed E-state index contributed by atoms with van der Waals surface area (Å²) in [5.74, 6) is 1.83. The van der Waals surface area contributed by atoms with E-state index in [-0.39, 0.29) is 0 Å². The summed E-state index contributed by atoms with van der Waals surface area (Å²) in [6, 6.07) is 2.15. The van der Waals surface area contributed by atoms with E-state index in [0.29, 0.717) is 6.04 Å². The highest BCUT2D eigenvalue weighted by Gasteiger charge is 2.33. The molecular weight excluding hydrogens is 284 g/mol. The van der Waals surface area contributed by atoms with E-state index in [4.69, 9.17) is 0 Å². The minimum Gasteiger partial charge on any atom is -0.318 e. The summed E-state index contributed by atoms with van der Waals surface area (Å²) in [4.78, 5) is 5.36. The molecule has 0 bridgehead atoms. The van der Waals surface area contributed by atoms with Gasteiger partial charge in [0, 0.05) is 50.8 Å². The second-order valence-corrected chi connectivity index (χ2v) is 8.34. The fourth-order valence-electron chi connectivity index (χ4n) is 4.30. The summed E-state index contributed by atoms with van der Waals surface area (Å²) in [6.07, 6.45) is 4.13. The summed E-state index contributed by atoms with van der Waals surface area (Å²) >= 11 is 0.